The Morgan fingerprint density at radius 2 is 1.85 bits per heavy atom. The maximum Gasteiger partial charge on any atom is 0.191 e. The maximum atomic E-state index is 5.58. The van der Waals surface area contributed by atoms with Crippen LogP contribution in [0.25, 0.3) is 0 Å². The minimum absolute atomic E-state index is 0. The molecule has 2 N–H and O–H groups in total. The van der Waals surface area contributed by atoms with Crippen molar-refractivity contribution < 1.29 is 4.74 Å². The van der Waals surface area contributed by atoms with Crippen LogP contribution in [-0.2, 0) is 17.8 Å². The molecule has 0 amide bonds. The molecule has 0 aliphatic heterocycles. The highest BCUT2D eigenvalue weighted by molar-refractivity contribution is 14.0. The first-order valence-corrected chi connectivity index (χ1v) is 8.93. The Kier molecular flexibility index (Phi) is 9.79. The summed E-state index contributed by atoms with van der Waals surface area (Å²) in [5, 5.41) is 6.69. The van der Waals surface area contributed by atoms with E-state index in [0.717, 1.165) is 19.0 Å². The number of guanidine groups is 1. The van der Waals surface area contributed by atoms with Crippen molar-refractivity contribution in [2.24, 2.45) is 10.4 Å². The number of imidazole rings is 1. The number of halogens is 1. The molecule has 27 heavy (non-hydrogen) atoms. The van der Waals surface area contributed by atoms with Crippen LogP contribution >= 0.6 is 24.0 Å². The lowest BCUT2D eigenvalue weighted by Crippen LogP contribution is -2.45. The zero-order chi connectivity index (χ0) is 19.0. The molecule has 2 aromatic rings. The summed E-state index contributed by atoms with van der Waals surface area (Å²) in [4.78, 5) is 8.36. The van der Waals surface area contributed by atoms with Crippen LogP contribution in [0.3, 0.4) is 0 Å². The summed E-state index contributed by atoms with van der Waals surface area (Å²) in [6.45, 7) is 8.78. The summed E-state index contributed by atoms with van der Waals surface area (Å²) in [7, 11) is 3.53. The lowest BCUT2D eigenvalue weighted by Gasteiger charge is -2.30. The van der Waals surface area contributed by atoms with E-state index in [1.54, 1.807) is 20.4 Å². The van der Waals surface area contributed by atoms with Gasteiger partial charge >= 0.3 is 0 Å². The van der Waals surface area contributed by atoms with E-state index in [4.69, 9.17) is 4.74 Å². The molecule has 1 aromatic heterocycles. The lowest BCUT2D eigenvalue weighted by atomic mass is 9.89. The highest BCUT2D eigenvalue weighted by atomic mass is 127. The van der Waals surface area contributed by atoms with Gasteiger partial charge in [-0.15, -0.1) is 24.0 Å². The van der Waals surface area contributed by atoms with E-state index in [9.17, 15) is 0 Å². The van der Waals surface area contributed by atoms with Gasteiger partial charge in [0.2, 0.25) is 0 Å². The molecule has 1 heterocycles. The molecule has 1 atom stereocenters. The number of ether oxygens (including phenoxy) is 1. The second-order valence-electron chi connectivity index (χ2n) is 7.45. The molecule has 1 aromatic carbocycles. The average Bonchev–Trinajstić information content (AvgIpc) is 3.11. The van der Waals surface area contributed by atoms with E-state index in [-0.39, 0.29) is 35.5 Å². The van der Waals surface area contributed by atoms with Crippen molar-refractivity contribution >= 4 is 29.9 Å². The van der Waals surface area contributed by atoms with Gasteiger partial charge in [0.25, 0.3) is 0 Å². The number of nitrogens with zero attached hydrogens (tertiary/aromatic N) is 3. The first-order valence-electron chi connectivity index (χ1n) is 8.93. The van der Waals surface area contributed by atoms with Gasteiger partial charge in [0, 0.05) is 46.2 Å². The van der Waals surface area contributed by atoms with Crippen molar-refractivity contribution in [1.82, 2.24) is 20.2 Å². The van der Waals surface area contributed by atoms with Crippen LogP contribution in [0.4, 0.5) is 0 Å². The van der Waals surface area contributed by atoms with Crippen LogP contribution in [-0.4, -0.2) is 42.3 Å². The second-order valence-corrected chi connectivity index (χ2v) is 7.45. The highest BCUT2D eigenvalue weighted by Crippen LogP contribution is 2.20. The summed E-state index contributed by atoms with van der Waals surface area (Å²) in [5.74, 6) is 0.777. The Hall–Kier alpha value is -1.61. The molecule has 1 unspecified atom stereocenters. The van der Waals surface area contributed by atoms with Crippen molar-refractivity contribution in [3.05, 3.63) is 54.1 Å². The zero-order valence-electron chi connectivity index (χ0n) is 16.9. The lowest BCUT2D eigenvalue weighted by molar-refractivity contribution is 0.0205. The number of aliphatic imine (C=N–C) groups is 1. The molecule has 0 saturated heterocycles. The minimum Gasteiger partial charge on any atom is -0.379 e. The third-order valence-corrected chi connectivity index (χ3v) is 4.34. The largest absolute Gasteiger partial charge is 0.379 e. The fourth-order valence-corrected chi connectivity index (χ4v) is 2.69. The Morgan fingerprint density at radius 1 is 1.19 bits per heavy atom. The topological polar surface area (TPSA) is 63.5 Å². The molecule has 0 aliphatic rings. The number of hydrogen-bond donors (Lipinski definition) is 2. The summed E-state index contributed by atoms with van der Waals surface area (Å²) in [6.07, 6.45) is 5.71. The van der Waals surface area contributed by atoms with Crippen molar-refractivity contribution in [3.8, 4) is 0 Å². The van der Waals surface area contributed by atoms with E-state index in [0.29, 0.717) is 6.54 Å². The van der Waals surface area contributed by atoms with Crippen LogP contribution in [0.5, 0.6) is 0 Å². The number of methoxy groups -OCH3 is 1. The SMILES string of the molecule is CN=C(NCc1ccc(Cn2ccnc2)cc1)NCC(OC)C(C)(C)C.I. The molecular weight excluding hydrogens is 453 g/mol. The molecule has 0 radical (unpaired) electrons. The average molecular weight is 485 g/mol. The van der Waals surface area contributed by atoms with Crippen molar-refractivity contribution in [3.63, 3.8) is 0 Å². The fraction of sp³-hybridized carbons (Fsp3) is 0.500. The van der Waals surface area contributed by atoms with Crippen LogP contribution < -0.4 is 10.6 Å². The Morgan fingerprint density at radius 3 is 2.37 bits per heavy atom. The van der Waals surface area contributed by atoms with Gasteiger partial charge in [0.15, 0.2) is 5.96 Å². The van der Waals surface area contributed by atoms with Crippen LogP contribution in [0.1, 0.15) is 31.9 Å². The quantitative estimate of drug-likeness (QED) is 0.359. The zero-order valence-corrected chi connectivity index (χ0v) is 19.2. The van der Waals surface area contributed by atoms with E-state index in [1.165, 1.54) is 11.1 Å². The van der Waals surface area contributed by atoms with Gasteiger partial charge in [-0.2, -0.15) is 0 Å². The van der Waals surface area contributed by atoms with E-state index in [1.807, 2.05) is 12.5 Å². The summed E-state index contributed by atoms with van der Waals surface area (Å²) in [6, 6.07) is 8.57. The molecule has 0 fully saturated rings. The Balaban J connectivity index is 0.00000364. The fourth-order valence-electron chi connectivity index (χ4n) is 2.69. The summed E-state index contributed by atoms with van der Waals surface area (Å²) >= 11 is 0. The molecule has 6 nitrogen and oxygen atoms in total. The smallest absolute Gasteiger partial charge is 0.191 e. The normalized spacial score (nSPS) is 13.0. The monoisotopic (exact) mass is 485 g/mol. The number of nitrogens with one attached hydrogen (secondary N) is 2. The van der Waals surface area contributed by atoms with Gasteiger partial charge in [-0.3, -0.25) is 4.99 Å². The number of hydrogen-bond acceptors (Lipinski definition) is 3. The Bertz CT molecular complexity index is 677. The van der Waals surface area contributed by atoms with Crippen LogP contribution in [0.2, 0.25) is 0 Å². The first-order chi connectivity index (χ1) is 12.4. The molecule has 0 spiro atoms. The van der Waals surface area contributed by atoms with Gasteiger partial charge in [-0.05, 0) is 16.5 Å². The minimum atomic E-state index is 0. The first kappa shape index (κ1) is 23.4. The predicted molar refractivity (Wildman–Crippen MR) is 122 cm³/mol. The third-order valence-electron chi connectivity index (χ3n) is 4.34. The van der Waals surface area contributed by atoms with Gasteiger partial charge in [0.05, 0.1) is 12.4 Å². The third kappa shape index (κ3) is 7.88. The van der Waals surface area contributed by atoms with Gasteiger partial charge in [-0.1, -0.05) is 45.0 Å². The molecule has 0 saturated carbocycles. The number of benzene rings is 1. The van der Waals surface area contributed by atoms with Gasteiger partial charge in [-0.25, -0.2) is 4.98 Å². The standard InChI is InChI=1S/C20H31N5O.HI/c1-20(2,3)18(26-5)13-24-19(21-4)23-12-16-6-8-17(9-7-16)14-25-11-10-22-15-25;/h6-11,15,18H,12-14H2,1-5H3,(H2,21,23,24);1H. The molecule has 2 rings (SSSR count). The van der Waals surface area contributed by atoms with Gasteiger partial charge in [0.1, 0.15) is 0 Å². The Labute approximate surface area is 179 Å². The predicted octanol–water partition coefficient (Wildman–Crippen LogP) is 3.28. The summed E-state index contributed by atoms with van der Waals surface area (Å²) in [5.41, 5.74) is 2.54. The van der Waals surface area contributed by atoms with Crippen molar-refractivity contribution in [1.29, 1.82) is 0 Å². The molecule has 0 bridgehead atoms. The van der Waals surface area contributed by atoms with Crippen molar-refractivity contribution in [2.45, 2.75) is 40.0 Å². The number of aromatic nitrogens is 2. The number of rotatable bonds is 7. The van der Waals surface area contributed by atoms with E-state index < -0.39 is 0 Å². The van der Waals surface area contributed by atoms with Gasteiger partial charge < -0.3 is 19.9 Å². The maximum absolute atomic E-state index is 5.58. The molecule has 0 aliphatic carbocycles. The molecule has 150 valence electrons. The van der Waals surface area contributed by atoms with E-state index >= 15 is 0 Å². The molecule has 7 heteroatoms. The van der Waals surface area contributed by atoms with Crippen molar-refractivity contribution in [2.75, 3.05) is 20.7 Å². The van der Waals surface area contributed by atoms with E-state index in [2.05, 4.69) is 70.2 Å². The summed E-state index contributed by atoms with van der Waals surface area (Å²) < 4.78 is 7.63. The highest BCUT2D eigenvalue weighted by Gasteiger charge is 2.24. The van der Waals surface area contributed by atoms with Crippen LogP contribution in [0, 0.1) is 5.41 Å². The second kappa shape index (κ2) is 11.3. The molecular formula is C20H32IN5O. The van der Waals surface area contributed by atoms with Crippen LogP contribution in [0.15, 0.2) is 48.0 Å².